The van der Waals surface area contributed by atoms with Crippen molar-refractivity contribution in [3.05, 3.63) is 65.2 Å². The molecule has 0 bridgehead atoms. The highest BCUT2D eigenvalue weighted by Crippen LogP contribution is 2.31. The van der Waals surface area contributed by atoms with Crippen LogP contribution in [0, 0.1) is 0 Å². The van der Waals surface area contributed by atoms with Crippen LogP contribution < -0.4 is 15.4 Å². The molecule has 0 saturated carbocycles. The number of likely N-dealkylation sites (tertiary alicyclic amines) is 1. The van der Waals surface area contributed by atoms with E-state index in [4.69, 9.17) is 9.47 Å². The number of benzene rings is 2. The second-order valence-electron chi connectivity index (χ2n) is 7.71. The van der Waals surface area contributed by atoms with Gasteiger partial charge in [0, 0.05) is 32.3 Å². The molecule has 0 radical (unpaired) electrons. The summed E-state index contributed by atoms with van der Waals surface area (Å²) in [6.45, 7) is 7.05. The minimum Gasteiger partial charge on any atom is -0.496 e. The van der Waals surface area contributed by atoms with E-state index in [2.05, 4.69) is 56.9 Å². The molecule has 168 valence electrons. The fourth-order valence-corrected chi connectivity index (χ4v) is 4.11. The molecule has 0 spiro atoms. The highest BCUT2D eigenvalue weighted by atomic mass is 16.5. The summed E-state index contributed by atoms with van der Waals surface area (Å²) >= 11 is 0. The molecule has 0 aromatic heterocycles. The van der Waals surface area contributed by atoms with Crippen LogP contribution in [0.15, 0.2) is 53.5 Å². The minimum absolute atomic E-state index is 0.238. The number of rotatable bonds is 10. The second-order valence-corrected chi connectivity index (χ2v) is 7.71. The Labute approximate surface area is 186 Å². The van der Waals surface area contributed by atoms with Gasteiger partial charge in [0.1, 0.15) is 5.75 Å². The van der Waals surface area contributed by atoms with Gasteiger partial charge in [-0.05, 0) is 50.0 Å². The Morgan fingerprint density at radius 1 is 1.03 bits per heavy atom. The van der Waals surface area contributed by atoms with Crippen molar-refractivity contribution in [1.82, 2.24) is 15.5 Å². The lowest BCUT2D eigenvalue weighted by atomic mass is 10.0. The van der Waals surface area contributed by atoms with E-state index in [1.165, 1.54) is 29.5 Å². The molecule has 1 atom stereocenters. The number of guanidine groups is 1. The van der Waals surface area contributed by atoms with Crippen LogP contribution in [-0.2, 0) is 17.9 Å². The summed E-state index contributed by atoms with van der Waals surface area (Å²) in [4.78, 5) is 6.98. The Kier molecular flexibility index (Phi) is 9.18. The van der Waals surface area contributed by atoms with Gasteiger partial charge in [-0.1, -0.05) is 42.5 Å². The van der Waals surface area contributed by atoms with E-state index in [0.717, 1.165) is 31.3 Å². The van der Waals surface area contributed by atoms with Crippen molar-refractivity contribution in [1.29, 1.82) is 0 Å². The summed E-state index contributed by atoms with van der Waals surface area (Å²) in [5, 5.41) is 7.00. The Balaban J connectivity index is 1.65. The Morgan fingerprint density at radius 2 is 1.74 bits per heavy atom. The summed E-state index contributed by atoms with van der Waals surface area (Å²) in [6.07, 6.45) is 2.49. The molecule has 1 fully saturated rings. The minimum atomic E-state index is 0.238. The van der Waals surface area contributed by atoms with Crippen molar-refractivity contribution in [2.24, 2.45) is 4.99 Å². The zero-order chi connectivity index (χ0) is 21.9. The van der Waals surface area contributed by atoms with E-state index in [-0.39, 0.29) is 6.04 Å². The zero-order valence-electron chi connectivity index (χ0n) is 19.1. The summed E-state index contributed by atoms with van der Waals surface area (Å²) in [5.74, 6) is 1.74. The summed E-state index contributed by atoms with van der Waals surface area (Å²) in [6, 6.07) is 16.9. The number of hydrogen-bond donors (Lipinski definition) is 2. The van der Waals surface area contributed by atoms with Crippen LogP contribution in [0.25, 0.3) is 0 Å². The molecule has 6 nitrogen and oxygen atoms in total. The van der Waals surface area contributed by atoms with Crippen molar-refractivity contribution in [3.63, 3.8) is 0 Å². The maximum Gasteiger partial charge on any atom is 0.191 e. The Morgan fingerprint density at radius 3 is 2.45 bits per heavy atom. The van der Waals surface area contributed by atoms with Gasteiger partial charge in [0.15, 0.2) is 5.96 Å². The highest BCUT2D eigenvalue weighted by molar-refractivity contribution is 5.79. The molecule has 1 unspecified atom stereocenters. The first-order chi connectivity index (χ1) is 15.3. The molecule has 2 aromatic rings. The zero-order valence-corrected chi connectivity index (χ0v) is 19.1. The summed E-state index contributed by atoms with van der Waals surface area (Å²) < 4.78 is 11.3. The third-order valence-corrected chi connectivity index (χ3v) is 5.79. The van der Waals surface area contributed by atoms with Crippen molar-refractivity contribution < 1.29 is 9.47 Å². The number of hydrogen-bond acceptors (Lipinski definition) is 4. The van der Waals surface area contributed by atoms with Gasteiger partial charge in [0.05, 0.1) is 19.8 Å². The van der Waals surface area contributed by atoms with Gasteiger partial charge in [-0.2, -0.15) is 0 Å². The number of methoxy groups -OCH3 is 1. The van der Waals surface area contributed by atoms with Crippen molar-refractivity contribution >= 4 is 5.96 Å². The third kappa shape index (κ3) is 6.45. The van der Waals surface area contributed by atoms with Gasteiger partial charge in [-0.3, -0.25) is 9.89 Å². The topological polar surface area (TPSA) is 58.1 Å². The standard InChI is InChI=1S/C25H36N4O2/c1-4-31-19-21-12-6-5-11-20(21)17-27-25(26-2)28-18-23(29-15-9-10-16-29)22-13-7-8-14-24(22)30-3/h5-8,11-14,23H,4,9-10,15-19H2,1-3H3,(H2,26,27,28). The predicted octanol–water partition coefficient (Wildman–Crippen LogP) is 3.73. The average molecular weight is 425 g/mol. The molecular weight excluding hydrogens is 388 g/mol. The SMILES string of the molecule is CCOCc1ccccc1CNC(=NC)NCC(c1ccccc1OC)N1CCCC1. The van der Waals surface area contributed by atoms with Crippen LogP contribution >= 0.6 is 0 Å². The van der Waals surface area contributed by atoms with Crippen molar-refractivity contribution in [3.8, 4) is 5.75 Å². The van der Waals surface area contributed by atoms with Crippen LogP contribution in [0.5, 0.6) is 5.75 Å². The molecule has 0 aliphatic carbocycles. The molecule has 0 amide bonds. The van der Waals surface area contributed by atoms with Gasteiger partial charge in [-0.25, -0.2) is 0 Å². The van der Waals surface area contributed by atoms with Crippen LogP contribution in [0.4, 0.5) is 0 Å². The number of para-hydroxylation sites is 1. The van der Waals surface area contributed by atoms with Crippen molar-refractivity contribution in [2.75, 3.05) is 40.4 Å². The monoisotopic (exact) mass is 424 g/mol. The first-order valence-electron chi connectivity index (χ1n) is 11.2. The molecule has 2 aromatic carbocycles. The van der Waals surface area contributed by atoms with Crippen LogP contribution in [0.2, 0.25) is 0 Å². The van der Waals surface area contributed by atoms with Crippen LogP contribution in [-0.4, -0.2) is 51.3 Å². The van der Waals surface area contributed by atoms with E-state index >= 15 is 0 Å². The second kappa shape index (κ2) is 12.3. The first-order valence-corrected chi connectivity index (χ1v) is 11.2. The van der Waals surface area contributed by atoms with E-state index in [1.807, 2.05) is 26.1 Å². The van der Waals surface area contributed by atoms with E-state index in [0.29, 0.717) is 19.8 Å². The van der Waals surface area contributed by atoms with E-state index in [9.17, 15) is 0 Å². The molecule has 1 heterocycles. The van der Waals surface area contributed by atoms with Gasteiger partial charge in [-0.15, -0.1) is 0 Å². The lowest BCUT2D eigenvalue weighted by molar-refractivity contribution is 0.133. The van der Waals surface area contributed by atoms with E-state index in [1.54, 1.807) is 7.11 Å². The van der Waals surface area contributed by atoms with Gasteiger partial charge in [0.2, 0.25) is 0 Å². The molecule has 1 aliphatic rings. The molecule has 1 saturated heterocycles. The summed E-state index contributed by atoms with van der Waals surface area (Å²) in [7, 11) is 3.56. The van der Waals surface area contributed by atoms with Crippen LogP contribution in [0.1, 0.15) is 42.5 Å². The predicted molar refractivity (Wildman–Crippen MR) is 127 cm³/mol. The Hall–Kier alpha value is -2.57. The van der Waals surface area contributed by atoms with Crippen LogP contribution in [0.3, 0.4) is 0 Å². The van der Waals surface area contributed by atoms with Gasteiger partial charge < -0.3 is 20.1 Å². The molecule has 2 N–H and O–H groups in total. The molecule has 3 rings (SSSR count). The molecule has 1 aliphatic heterocycles. The number of nitrogens with one attached hydrogen (secondary N) is 2. The average Bonchev–Trinajstić information content (AvgIpc) is 3.35. The quantitative estimate of drug-likeness (QED) is 0.450. The third-order valence-electron chi connectivity index (χ3n) is 5.79. The molecule has 6 heteroatoms. The van der Waals surface area contributed by atoms with Gasteiger partial charge >= 0.3 is 0 Å². The fourth-order valence-electron chi connectivity index (χ4n) is 4.11. The molecule has 31 heavy (non-hydrogen) atoms. The number of nitrogens with zero attached hydrogens (tertiary/aromatic N) is 2. The normalized spacial score (nSPS) is 15.6. The number of aliphatic imine (C=N–C) groups is 1. The lowest BCUT2D eigenvalue weighted by Crippen LogP contribution is -2.42. The van der Waals surface area contributed by atoms with E-state index < -0.39 is 0 Å². The highest BCUT2D eigenvalue weighted by Gasteiger charge is 2.26. The first kappa shape index (κ1) is 23.1. The maximum absolute atomic E-state index is 5.66. The number of ether oxygens (including phenoxy) is 2. The van der Waals surface area contributed by atoms with Crippen molar-refractivity contribution in [2.45, 2.75) is 39.0 Å². The lowest BCUT2D eigenvalue weighted by Gasteiger charge is -2.30. The largest absolute Gasteiger partial charge is 0.496 e. The maximum atomic E-state index is 5.66. The smallest absolute Gasteiger partial charge is 0.191 e. The Bertz CT molecular complexity index is 834. The summed E-state index contributed by atoms with van der Waals surface area (Å²) in [5.41, 5.74) is 3.65. The van der Waals surface area contributed by atoms with Gasteiger partial charge in [0.25, 0.3) is 0 Å². The molecular formula is C25H36N4O2. The fraction of sp³-hybridized carbons (Fsp3) is 0.480.